The van der Waals surface area contributed by atoms with Crippen LogP contribution in [0.3, 0.4) is 0 Å². The number of likely N-dealkylation sites (N-methyl/N-ethyl adjacent to an activating group) is 1. The third-order valence-corrected chi connectivity index (χ3v) is 5.27. The molecule has 2 N–H and O–H groups in total. The van der Waals surface area contributed by atoms with Gasteiger partial charge >= 0.3 is 0 Å². The SMILES string of the molecule is CN1C(=O)C2(CCCCOCOc3ccc(-c4cccc(F)c4)cc32)N=C1N. The molecule has 0 bridgehead atoms. The molecule has 1 unspecified atom stereocenters. The zero-order valence-electron chi connectivity index (χ0n) is 15.7. The highest BCUT2D eigenvalue weighted by Gasteiger charge is 2.49. The summed E-state index contributed by atoms with van der Waals surface area (Å²) in [5.74, 6) is 0.186. The summed E-state index contributed by atoms with van der Waals surface area (Å²) in [7, 11) is 1.62. The first-order chi connectivity index (χ1) is 13.5. The molecule has 0 saturated heterocycles. The highest BCUT2D eigenvalue weighted by molar-refractivity contribution is 6.07. The molecule has 146 valence electrons. The number of rotatable bonds is 1. The predicted octanol–water partition coefficient (Wildman–Crippen LogP) is 3.01. The summed E-state index contributed by atoms with van der Waals surface area (Å²) in [5.41, 5.74) is 6.96. The fourth-order valence-electron chi connectivity index (χ4n) is 3.75. The van der Waals surface area contributed by atoms with E-state index in [0.717, 1.165) is 18.4 Å². The number of hydrogen-bond donors (Lipinski definition) is 1. The number of aliphatic imine (C=N–C) groups is 1. The summed E-state index contributed by atoms with van der Waals surface area (Å²) in [6, 6.07) is 11.8. The molecular weight excluding hydrogens is 361 g/mol. The number of ether oxygens (including phenoxy) is 2. The monoisotopic (exact) mass is 383 g/mol. The Morgan fingerprint density at radius 1 is 1.18 bits per heavy atom. The van der Waals surface area contributed by atoms with Crippen LogP contribution in [0.1, 0.15) is 24.8 Å². The van der Waals surface area contributed by atoms with Gasteiger partial charge in [-0.25, -0.2) is 9.38 Å². The molecule has 0 fully saturated rings. The molecule has 1 atom stereocenters. The number of nitrogens with two attached hydrogens (primary N) is 1. The Hall–Kier alpha value is -2.93. The van der Waals surface area contributed by atoms with E-state index >= 15 is 0 Å². The summed E-state index contributed by atoms with van der Waals surface area (Å²) < 4.78 is 25.0. The highest BCUT2D eigenvalue weighted by atomic mass is 19.1. The summed E-state index contributed by atoms with van der Waals surface area (Å²) in [6.07, 6.45) is 2.03. The number of carbonyl (C=O) groups is 1. The van der Waals surface area contributed by atoms with E-state index in [2.05, 4.69) is 4.99 Å². The fraction of sp³-hybridized carbons (Fsp3) is 0.333. The van der Waals surface area contributed by atoms with E-state index in [1.165, 1.54) is 17.0 Å². The maximum atomic E-state index is 13.7. The van der Waals surface area contributed by atoms with Gasteiger partial charge in [-0.05, 0) is 54.7 Å². The molecule has 0 saturated carbocycles. The standard InChI is InChI=1S/C21H22FN3O3/c1-25-19(26)21(24-20(25)23)9-2-3-10-27-13-28-18-8-7-15(12-17(18)21)14-5-4-6-16(22)11-14/h4-8,11-12H,2-3,9-10,13H2,1H3,(H2,23,24). The van der Waals surface area contributed by atoms with Crippen molar-refractivity contribution in [2.75, 3.05) is 20.4 Å². The maximum Gasteiger partial charge on any atom is 0.261 e. The fourth-order valence-corrected chi connectivity index (χ4v) is 3.75. The normalized spacial score (nSPS) is 22.6. The van der Waals surface area contributed by atoms with Crippen LogP contribution in [0.15, 0.2) is 47.5 Å². The van der Waals surface area contributed by atoms with Crippen molar-refractivity contribution in [1.29, 1.82) is 0 Å². The second-order valence-corrected chi connectivity index (χ2v) is 7.04. The molecule has 1 amide bonds. The van der Waals surface area contributed by atoms with Crippen molar-refractivity contribution in [2.24, 2.45) is 10.7 Å². The lowest BCUT2D eigenvalue weighted by atomic mass is 9.83. The molecule has 2 aromatic rings. The Bertz CT molecular complexity index is 946. The Morgan fingerprint density at radius 3 is 2.75 bits per heavy atom. The second kappa shape index (κ2) is 7.24. The van der Waals surface area contributed by atoms with Gasteiger partial charge in [-0.3, -0.25) is 9.69 Å². The van der Waals surface area contributed by atoms with Crippen LogP contribution < -0.4 is 10.5 Å². The lowest BCUT2D eigenvalue weighted by Gasteiger charge is -2.29. The molecule has 2 aromatic carbocycles. The van der Waals surface area contributed by atoms with Crippen molar-refractivity contribution in [3.05, 3.63) is 53.8 Å². The molecule has 1 spiro atoms. The van der Waals surface area contributed by atoms with E-state index in [0.29, 0.717) is 29.9 Å². The Labute approximate surface area is 162 Å². The second-order valence-electron chi connectivity index (χ2n) is 7.04. The van der Waals surface area contributed by atoms with Crippen LogP contribution in [0.4, 0.5) is 4.39 Å². The summed E-state index contributed by atoms with van der Waals surface area (Å²) in [4.78, 5) is 19.2. The van der Waals surface area contributed by atoms with Gasteiger partial charge in [-0.1, -0.05) is 18.2 Å². The quantitative estimate of drug-likeness (QED) is 0.821. The zero-order chi connectivity index (χ0) is 19.7. The Balaban J connectivity index is 1.89. The topological polar surface area (TPSA) is 77.2 Å². The highest BCUT2D eigenvalue weighted by Crippen LogP contribution is 2.43. The molecule has 4 rings (SSSR count). The lowest BCUT2D eigenvalue weighted by Crippen LogP contribution is -2.41. The van der Waals surface area contributed by atoms with Crippen LogP contribution in [-0.2, 0) is 15.1 Å². The minimum Gasteiger partial charge on any atom is -0.467 e. The molecule has 2 aliphatic heterocycles. The van der Waals surface area contributed by atoms with Gasteiger partial charge < -0.3 is 15.2 Å². The third kappa shape index (κ3) is 3.11. The number of nitrogens with zero attached hydrogens (tertiary/aromatic N) is 2. The molecule has 2 aliphatic rings. The summed E-state index contributed by atoms with van der Waals surface area (Å²) >= 11 is 0. The molecule has 28 heavy (non-hydrogen) atoms. The van der Waals surface area contributed by atoms with E-state index in [1.807, 2.05) is 18.2 Å². The number of hydrogen-bond acceptors (Lipinski definition) is 5. The average molecular weight is 383 g/mol. The minimum absolute atomic E-state index is 0.0889. The zero-order valence-corrected chi connectivity index (χ0v) is 15.7. The van der Waals surface area contributed by atoms with Crippen LogP contribution in [0.5, 0.6) is 5.75 Å². The first-order valence-corrected chi connectivity index (χ1v) is 9.26. The first kappa shape index (κ1) is 18.4. The van der Waals surface area contributed by atoms with Gasteiger partial charge in [0.05, 0.1) is 6.61 Å². The van der Waals surface area contributed by atoms with Gasteiger partial charge in [0.15, 0.2) is 18.3 Å². The van der Waals surface area contributed by atoms with Crippen molar-refractivity contribution < 1.29 is 18.7 Å². The molecule has 2 heterocycles. The molecular formula is C21H22FN3O3. The van der Waals surface area contributed by atoms with Gasteiger partial charge in [0.1, 0.15) is 11.6 Å². The van der Waals surface area contributed by atoms with Crippen LogP contribution in [-0.4, -0.2) is 37.2 Å². The predicted molar refractivity (Wildman–Crippen MR) is 103 cm³/mol. The van der Waals surface area contributed by atoms with Crippen LogP contribution >= 0.6 is 0 Å². The van der Waals surface area contributed by atoms with Crippen LogP contribution in [0.25, 0.3) is 11.1 Å². The van der Waals surface area contributed by atoms with Gasteiger partial charge in [-0.2, -0.15) is 0 Å². The van der Waals surface area contributed by atoms with Crippen LogP contribution in [0, 0.1) is 5.82 Å². The van der Waals surface area contributed by atoms with Crippen molar-refractivity contribution in [1.82, 2.24) is 4.90 Å². The third-order valence-electron chi connectivity index (χ3n) is 5.27. The molecule has 0 radical (unpaired) electrons. The molecule has 7 heteroatoms. The first-order valence-electron chi connectivity index (χ1n) is 9.26. The van der Waals surface area contributed by atoms with E-state index in [9.17, 15) is 9.18 Å². The molecule has 0 aliphatic carbocycles. The number of fused-ring (bicyclic) bond motifs is 2. The summed E-state index contributed by atoms with van der Waals surface area (Å²) in [6.45, 7) is 0.641. The Kier molecular flexibility index (Phi) is 4.77. The molecule has 0 aromatic heterocycles. The average Bonchev–Trinajstić information content (AvgIpc) is 2.92. The van der Waals surface area contributed by atoms with E-state index < -0.39 is 5.54 Å². The Morgan fingerprint density at radius 2 is 2.00 bits per heavy atom. The van der Waals surface area contributed by atoms with Gasteiger partial charge in [0, 0.05) is 12.6 Å². The van der Waals surface area contributed by atoms with Crippen molar-refractivity contribution >= 4 is 11.9 Å². The van der Waals surface area contributed by atoms with Crippen molar-refractivity contribution in [3.8, 4) is 16.9 Å². The van der Waals surface area contributed by atoms with E-state index in [1.54, 1.807) is 19.2 Å². The largest absolute Gasteiger partial charge is 0.467 e. The van der Waals surface area contributed by atoms with Gasteiger partial charge in [0.2, 0.25) is 0 Å². The number of amides is 1. The van der Waals surface area contributed by atoms with Gasteiger partial charge in [-0.15, -0.1) is 0 Å². The van der Waals surface area contributed by atoms with Crippen molar-refractivity contribution in [3.63, 3.8) is 0 Å². The van der Waals surface area contributed by atoms with Crippen LogP contribution in [0.2, 0.25) is 0 Å². The maximum absolute atomic E-state index is 13.7. The lowest BCUT2D eigenvalue weighted by molar-refractivity contribution is -0.131. The van der Waals surface area contributed by atoms with E-state index in [4.69, 9.17) is 15.2 Å². The molecule has 6 nitrogen and oxygen atoms in total. The van der Waals surface area contributed by atoms with Gasteiger partial charge in [0.25, 0.3) is 5.91 Å². The summed E-state index contributed by atoms with van der Waals surface area (Å²) in [5, 5.41) is 0. The van der Waals surface area contributed by atoms with Crippen molar-refractivity contribution in [2.45, 2.75) is 24.8 Å². The number of benzene rings is 2. The minimum atomic E-state index is -1.14. The number of guanidine groups is 1. The smallest absolute Gasteiger partial charge is 0.261 e. The number of halogens is 1. The number of carbonyl (C=O) groups excluding carboxylic acids is 1. The van der Waals surface area contributed by atoms with E-state index in [-0.39, 0.29) is 24.5 Å².